The van der Waals surface area contributed by atoms with Crippen molar-refractivity contribution in [3.8, 4) is 0 Å². The molecule has 0 aliphatic heterocycles. The maximum Gasteiger partial charge on any atom is 2.00 e. The Morgan fingerprint density at radius 3 is 1.44 bits per heavy atom. The molecule has 0 spiro atoms. The Bertz CT molecular complexity index is 60.8. The average Bonchev–Trinajstić information content (AvgIpc) is 1.33. The fraction of sp³-hybridized carbons (Fsp3) is 0.333. The van der Waals surface area contributed by atoms with E-state index in [2.05, 4.69) is 0 Å². The van der Waals surface area contributed by atoms with Gasteiger partial charge in [-0.15, -0.1) is 0 Å². The van der Waals surface area contributed by atoms with Crippen molar-refractivity contribution in [2.45, 2.75) is 6.92 Å². The zero-order chi connectivity index (χ0) is 6.28. The van der Waals surface area contributed by atoms with Gasteiger partial charge < -0.3 is 19.8 Å². The van der Waals surface area contributed by atoms with Crippen LogP contribution in [0.15, 0.2) is 0 Å². The van der Waals surface area contributed by atoms with E-state index in [4.69, 9.17) is 19.8 Å². The average molecular weight is 222 g/mol. The van der Waals surface area contributed by atoms with Gasteiger partial charge in [-0.2, -0.15) is 0 Å². The Labute approximate surface area is 73.0 Å². The molecule has 0 aliphatic carbocycles. The third-order valence-corrected chi connectivity index (χ3v) is 0. The molecule has 0 aromatic rings. The number of hydrogen-bond donors (Lipinski definition) is 0. The Morgan fingerprint density at radius 2 is 1.44 bits per heavy atom. The largest absolute Gasteiger partial charge is 2.00 e. The molecule has 0 fully saturated rings. The number of carboxylic acids is 1. The maximum absolute atomic E-state index is 8.89. The number of rotatable bonds is 0. The van der Waals surface area contributed by atoms with E-state index in [1.807, 2.05) is 0 Å². The van der Waals surface area contributed by atoms with Crippen LogP contribution in [-0.4, -0.2) is 12.4 Å². The van der Waals surface area contributed by atoms with Crippen molar-refractivity contribution in [1.29, 1.82) is 0 Å². The van der Waals surface area contributed by atoms with Gasteiger partial charge in [-0.05, 0) is 6.92 Å². The molecule has 0 atom stereocenters. The van der Waals surface area contributed by atoms with Gasteiger partial charge >= 0.3 is 33.6 Å². The predicted molar refractivity (Wildman–Crippen MR) is 16.7 cm³/mol. The van der Waals surface area contributed by atoms with Crippen LogP contribution in [0.25, 0.3) is 0 Å². The molecule has 0 bridgehead atoms. The van der Waals surface area contributed by atoms with Crippen LogP contribution < -0.4 is 10.2 Å². The zero-order valence-electron chi connectivity index (χ0n) is 4.38. The molecule has 0 aliphatic rings. The number of carbonyl (C=O) groups excluding carboxylic acids is 2. The first-order chi connectivity index (χ1) is 3.15. The second-order valence-corrected chi connectivity index (χ2v) is 0.588. The quantitative estimate of drug-likeness (QED) is 0.412. The van der Waals surface area contributed by atoms with Crippen molar-refractivity contribution in [3.63, 3.8) is 0 Å². The van der Waals surface area contributed by atoms with E-state index in [0.29, 0.717) is 0 Å². The molecule has 0 aromatic heterocycles. The molecular weight excluding hydrogens is 218 g/mol. The van der Waals surface area contributed by atoms with E-state index >= 15 is 0 Å². The summed E-state index contributed by atoms with van der Waals surface area (Å²) in [5.74, 6) is -1.08. The summed E-state index contributed by atoms with van der Waals surface area (Å²) in [4.78, 5) is 17.1. The normalized spacial score (nSPS) is 4.11. The molecule has 0 aromatic carbocycles. The monoisotopic (exact) mass is 222 g/mol. The molecule has 2 radical (unpaired) electrons. The van der Waals surface area contributed by atoms with E-state index in [1.165, 1.54) is 0 Å². The van der Waals surface area contributed by atoms with Crippen LogP contribution in [0.5, 0.6) is 0 Å². The molecule has 6 heteroatoms. The molecular formula is C3H4Co2O4+2. The van der Waals surface area contributed by atoms with Gasteiger partial charge in [-0.3, -0.25) is 0 Å². The van der Waals surface area contributed by atoms with Crippen molar-refractivity contribution >= 4 is 12.4 Å². The summed E-state index contributed by atoms with van der Waals surface area (Å²) in [5.41, 5.74) is 0. The first-order valence-corrected chi connectivity index (χ1v) is 1.38. The second-order valence-electron chi connectivity index (χ2n) is 0.588. The molecule has 56 valence electrons. The van der Waals surface area contributed by atoms with Crippen LogP contribution in [0.4, 0.5) is 0 Å². The van der Waals surface area contributed by atoms with Gasteiger partial charge in [0.1, 0.15) is 0 Å². The molecule has 0 rings (SSSR count). The van der Waals surface area contributed by atoms with Gasteiger partial charge in [-0.25, -0.2) is 0 Å². The first kappa shape index (κ1) is 23.1. The minimum absolute atomic E-state index is 0. The van der Waals surface area contributed by atoms with Gasteiger partial charge in [0.25, 0.3) is 0 Å². The predicted octanol–water partition coefficient (Wildman–Crippen LogP) is -2.88. The van der Waals surface area contributed by atoms with Crippen molar-refractivity contribution in [3.05, 3.63) is 0 Å². The van der Waals surface area contributed by atoms with Crippen LogP contribution in [0.2, 0.25) is 0 Å². The zero-order valence-corrected chi connectivity index (χ0v) is 6.46. The van der Waals surface area contributed by atoms with Gasteiger partial charge in [0.2, 0.25) is 0 Å². The van der Waals surface area contributed by atoms with Crippen molar-refractivity contribution in [2.75, 3.05) is 0 Å². The smallest absolute Gasteiger partial charge is 0.554 e. The minimum atomic E-state index is -1.08. The SMILES string of the molecule is CC(=O)[O-].O=C[O-].[Co+2].[Co+2]. The van der Waals surface area contributed by atoms with Gasteiger partial charge in [0, 0.05) is 12.4 Å². The van der Waals surface area contributed by atoms with Crippen LogP contribution in [0.1, 0.15) is 6.92 Å². The van der Waals surface area contributed by atoms with E-state index in [-0.39, 0.29) is 33.6 Å². The Hall–Kier alpha value is -0.0470. The molecule has 4 nitrogen and oxygen atoms in total. The number of aliphatic carboxylic acids is 1. The van der Waals surface area contributed by atoms with Crippen molar-refractivity contribution in [1.82, 2.24) is 0 Å². The summed E-state index contributed by atoms with van der Waals surface area (Å²) in [6.45, 7) is 0.472. The van der Waals surface area contributed by atoms with Crippen LogP contribution in [0.3, 0.4) is 0 Å². The molecule has 9 heavy (non-hydrogen) atoms. The Morgan fingerprint density at radius 1 is 1.44 bits per heavy atom. The van der Waals surface area contributed by atoms with Crippen molar-refractivity contribution < 1.29 is 53.4 Å². The summed E-state index contributed by atoms with van der Waals surface area (Å²) in [6, 6.07) is 0. The second kappa shape index (κ2) is 24.6. The Kier molecular flexibility index (Phi) is 63.1. The molecule has 0 heterocycles. The third kappa shape index (κ3) is 128000. The Balaban J connectivity index is -0.0000000233. The summed E-state index contributed by atoms with van der Waals surface area (Å²) >= 11 is 0. The van der Waals surface area contributed by atoms with Crippen LogP contribution in [0, 0.1) is 0 Å². The number of carbonyl (C=O) groups is 2. The third-order valence-electron chi connectivity index (χ3n) is 0. The maximum atomic E-state index is 8.89. The summed E-state index contributed by atoms with van der Waals surface area (Å²) in [7, 11) is 0. The fourth-order valence-electron chi connectivity index (χ4n) is 0. The van der Waals surface area contributed by atoms with Gasteiger partial charge in [0.15, 0.2) is 0 Å². The molecule has 0 amide bonds. The van der Waals surface area contributed by atoms with Gasteiger partial charge in [-0.1, -0.05) is 0 Å². The van der Waals surface area contributed by atoms with E-state index in [1.54, 1.807) is 0 Å². The molecule has 0 saturated carbocycles. The summed E-state index contributed by atoms with van der Waals surface area (Å²) in [5, 5.41) is 17.1. The van der Waals surface area contributed by atoms with Crippen molar-refractivity contribution in [2.24, 2.45) is 0 Å². The number of hydrogen-bond acceptors (Lipinski definition) is 4. The first-order valence-electron chi connectivity index (χ1n) is 1.38. The van der Waals surface area contributed by atoms with Crippen LogP contribution >= 0.6 is 0 Å². The van der Waals surface area contributed by atoms with E-state index < -0.39 is 12.4 Å². The summed E-state index contributed by atoms with van der Waals surface area (Å²) < 4.78 is 0. The van der Waals surface area contributed by atoms with E-state index in [0.717, 1.165) is 6.92 Å². The standard InChI is InChI=1S/C2H4O2.CH2O2.2Co/c1-2(3)4;2-1-3;;/h1H3,(H,3,4);1H,(H,2,3);;/q;;2*+2/p-2. The topological polar surface area (TPSA) is 80.3 Å². The molecule has 0 N–H and O–H groups in total. The molecule has 0 unspecified atom stereocenters. The minimum Gasteiger partial charge on any atom is -0.554 e. The summed E-state index contributed by atoms with van der Waals surface area (Å²) in [6.07, 6.45) is 0. The van der Waals surface area contributed by atoms with Crippen LogP contribution in [-0.2, 0) is 43.1 Å². The van der Waals surface area contributed by atoms with Gasteiger partial charge in [0.05, 0.1) is 0 Å². The fourth-order valence-corrected chi connectivity index (χ4v) is 0. The van der Waals surface area contributed by atoms with E-state index in [9.17, 15) is 0 Å². The molecule has 0 saturated heterocycles. The number of carboxylic acid groups (broad SMARTS) is 2.